The van der Waals surface area contributed by atoms with Gasteiger partial charge in [-0.3, -0.25) is 10.1 Å². The van der Waals surface area contributed by atoms with E-state index in [0.717, 1.165) is 5.56 Å². The number of non-ortho nitro benzene ring substituents is 1. The van der Waals surface area contributed by atoms with E-state index in [1.807, 2.05) is 30.3 Å². The summed E-state index contributed by atoms with van der Waals surface area (Å²) in [7, 11) is 0. The molecule has 0 heterocycles. The van der Waals surface area contributed by atoms with Crippen LogP contribution in [0.3, 0.4) is 0 Å². The Labute approximate surface area is 125 Å². The molecule has 0 radical (unpaired) electrons. The van der Waals surface area contributed by atoms with Gasteiger partial charge in [0, 0.05) is 12.1 Å². The third kappa shape index (κ3) is 2.68. The van der Waals surface area contributed by atoms with Gasteiger partial charge in [-0.05, 0) is 22.0 Å². The lowest BCUT2D eigenvalue weighted by atomic mass is 9.61. The number of nitro groups is 1. The number of nitro benzene ring substituents is 1. The number of hydrogen-bond acceptors (Lipinski definition) is 2. The molecule has 2 aromatic carbocycles. The monoisotopic (exact) mass is 283 g/mol. The zero-order chi connectivity index (χ0) is 15.7. The maximum absolute atomic E-state index is 10.8. The van der Waals surface area contributed by atoms with Crippen molar-refractivity contribution >= 4 is 5.69 Å². The topological polar surface area (TPSA) is 43.1 Å². The molecule has 0 aliphatic heterocycles. The van der Waals surface area contributed by atoms with Gasteiger partial charge in [-0.15, -0.1) is 0 Å². The SMILES string of the molecule is CC(C)(c1ccccc1)C(C)(C)c1ccc([N+](=O)[O-])cc1. The van der Waals surface area contributed by atoms with Crippen molar-refractivity contribution in [3.8, 4) is 0 Å². The Morgan fingerprint density at radius 1 is 0.762 bits per heavy atom. The second-order valence-electron chi connectivity index (χ2n) is 6.42. The molecule has 0 bridgehead atoms. The Morgan fingerprint density at radius 2 is 1.19 bits per heavy atom. The van der Waals surface area contributed by atoms with Crippen LogP contribution in [0.5, 0.6) is 0 Å². The summed E-state index contributed by atoms with van der Waals surface area (Å²) < 4.78 is 0. The Bertz CT molecular complexity index is 628. The number of nitrogens with zero attached hydrogens (tertiary/aromatic N) is 1. The Hall–Kier alpha value is -2.16. The minimum absolute atomic E-state index is 0.0929. The van der Waals surface area contributed by atoms with Crippen molar-refractivity contribution in [1.29, 1.82) is 0 Å². The van der Waals surface area contributed by atoms with Crippen LogP contribution in [-0.4, -0.2) is 4.92 Å². The molecule has 0 fully saturated rings. The van der Waals surface area contributed by atoms with Gasteiger partial charge in [0.05, 0.1) is 4.92 Å². The third-order valence-corrected chi connectivity index (χ3v) is 4.86. The zero-order valence-electron chi connectivity index (χ0n) is 13.0. The van der Waals surface area contributed by atoms with E-state index in [4.69, 9.17) is 0 Å². The summed E-state index contributed by atoms with van der Waals surface area (Å²) in [6.07, 6.45) is 0. The molecule has 3 heteroatoms. The van der Waals surface area contributed by atoms with Crippen molar-refractivity contribution in [2.75, 3.05) is 0 Å². The van der Waals surface area contributed by atoms with E-state index in [0.29, 0.717) is 0 Å². The van der Waals surface area contributed by atoms with Crippen LogP contribution < -0.4 is 0 Å². The van der Waals surface area contributed by atoms with E-state index in [9.17, 15) is 10.1 Å². The minimum Gasteiger partial charge on any atom is -0.258 e. The average Bonchev–Trinajstić information content (AvgIpc) is 2.48. The highest BCUT2D eigenvalue weighted by Crippen LogP contribution is 2.43. The van der Waals surface area contributed by atoms with Gasteiger partial charge in [0.25, 0.3) is 5.69 Å². The second kappa shape index (κ2) is 5.32. The van der Waals surface area contributed by atoms with Gasteiger partial charge in [-0.2, -0.15) is 0 Å². The Balaban J connectivity index is 2.43. The van der Waals surface area contributed by atoms with Crippen LogP contribution in [0.4, 0.5) is 5.69 Å². The fraction of sp³-hybridized carbons (Fsp3) is 0.333. The second-order valence-corrected chi connectivity index (χ2v) is 6.42. The van der Waals surface area contributed by atoms with Gasteiger partial charge in [0.1, 0.15) is 0 Å². The lowest BCUT2D eigenvalue weighted by Gasteiger charge is -2.42. The summed E-state index contributed by atoms with van der Waals surface area (Å²) in [5.74, 6) is 0. The van der Waals surface area contributed by atoms with Crippen LogP contribution in [0.15, 0.2) is 54.6 Å². The molecule has 0 unspecified atom stereocenters. The first-order valence-corrected chi connectivity index (χ1v) is 7.07. The van der Waals surface area contributed by atoms with Crippen molar-refractivity contribution in [1.82, 2.24) is 0 Å². The van der Waals surface area contributed by atoms with Gasteiger partial charge in [0.2, 0.25) is 0 Å². The molecule has 3 nitrogen and oxygen atoms in total. The number of benzene rings is 2. The van der Waals surface area contributed by atoms with Gasteiger partial charge in [-0.1, -0.05) is 70.2 Å². The fourth-order valence-corrected chi connectivity index (χ4v) is 2.58. The van der Waals surface area contributed by atoms with E-state index in [2.05, 4.69) is 39.8 Å². The molecule has 0 amide bonds. The molecule has 0 spiro atoms. The van der Waals surface area contributed by atoms with E-state index < -0.39 is 0 Å². The van der Waals surface area contributed by atoms with Gasteiger partial charge in [-0.25, -0.2) is 0 Å². The van der Waals surface area contributed by atoms with Gasteiger partial charge >= 0.3 is 0 Å². The first kappa shape index (κ1) is 15.2. The molecule has 0 saturated carbocycles. The molecule has 2 rings (SSSR count). The quantitative estimate of drug-likeness (QED) is 0.594. The van der Waals surface area contributed by atoms with Crippen LogP contribution in [-0.2, 0) is 10.8 Å². The van der Waals surface area contributed by atoms with E-state index >= 15 is 0 Å². The van der Waals surface area contributed by atoms with E-state index in [-0.39, 0.29) is 21.4 Å². The predicted molar refractivity (Wildman–Crippen MR) is 85.6 cm³/mol. The van der Waals surface area contributed by atoms with Crippen LogP contribution in [0, 0.1) is 10.1 Å². The van der Waals surface area contributed by atoms with Crippen molar-refractivity contribution in [2.24, 2.45) is 0 Å². The largest absolute Gasteiger partial charge is 0.269 e. The summed E-state index contributed by atoms with van der Waals surface area (Å²) in [5.41, 5.74) is 2.25. The summed E-state index contributed by atoms with van der Waals surface area (Å²) in [6.45, 7) is 8.79. The number of rotatable bonds is 4. The maximum Gasteiger partial charge on any atom is 0.269 e. The maximum atomic E-state index is 10.8. The number of hydrogen-bond donors (Lipinski definition) is 0. The molecule has 0 aliphatic carbocycles. The van der Waals surface area contributed by atoms with E-state index in [1.165, 1.54) is 5.56 Å². The molecule has 0 atom stereocenters. The standard InChI is InChI=1S/C18H21NO2/c1-17(2,14-8-6-5-7-9-14)18(3,4)15-10-12-16(13-11-15)19(20)21/h5-13H,1-4H3. The smallest absolute Gasteiger partial charge is 0.258 e. The molecule has 110 valence electrons. The molecule has 2 aromatic rings. The molecular weight excluding hydrogens is 262 g/mol. The lowest BCUT2D eigenvalue weighted by molar-refractivity contribution is -0.384. The summed E-state index contributed by atoms with van der Waals surface area (Å²) in [4.78, 5) is 10.4. The van der Waals surface area contributed by atoms with Gasteiger partial charge < -0.3 is 0 Å². The predicted octanol–water partition coefficient (Wildman–Crippen LogP) is 4.85. The Morgan fingerprint density at radius 3 is 1.62 bits per heavy atom. The highest BCUT2D eigenvalue weighted by molar-refractivity contribution is 5.40. The third-order valence-electron chi connectivity index (χ3n) is 4.86. The molecule has 0 saturated heterocycles. The van der Waals surface area contributed by atoms with Crippen molar-refractivity contribution in [3.05, 3.63) is 75.8 Å². The molecule has 21 heavy (non-hydrogen) atoms. The first-order chi connectivity index (χ1) is 9.76. The van der Waals surface area contributed by atoms with Crippen LogP contribution in [0.25, 0.3) is 0 Å². The van der Waals surface area contributed by atoms with E-state index in [1.54, 1.807) is 12.1 Å². The highest BCUT2D eigenvalue weighted by atomic mass is 16.6. The summed E-state index contributed by atoms with van der Waals surface area (Å²) in [6, 6.07) is 17.3. The fourth-order valence-electron chi connectivity index (χ4n) is 2.58. The molecule has 0 N–H and O–H groups in total. The molecule has 0 aromatic heterocycles. The van der Waals surface area contributed by atoms with Crippen LogP contribution in [0.2, 0.25) is 0 Å². The van der Waals surface area contributed by atoms with Crippen molar-refractivity contribution in [2.45, 2.75) is 38.5 Å². The lowest BCUT2D eigenvalue weighted by Crippen LogP contribution is -2.40. The first-order valence-electron chi connectivity index (χ1n) is 7.07. The summed E-state index contributed by atoms with van der Waals surface area (Å²) >= 11 is 0. The highest BCUT2D eigenvalue weighted by Gasteiger charge is 2.39. The average molecular weight is 283 g/mol. The Kier molecular flexibility index (Phi) is 3.86. The van der Waals surface area contributed by atoms with Crippen LogP contribution in [0.1, 0.15) is 38.8 Å². The van der Waals surface area contributed by atoms with Crippen LogP contribution >= 0.6 is 0 Å². The van der Waals surface area contributed by atoms with Crippen molar-refractivity contribution in [3.63, 3.8) is 0 Å². The molecular formula is C18H21NO2. The summed E-state index contributed by atoms with van der Waals surface area (Å²) in [5, 5.41) is 10.8. The van der Waals surface area contributed by atoms with Gasteiger partial charge in [0.15, 0.2) is 0 Å². The minimum atomic E-state index is -0.362. The molecule has 0 aliphatic rings. The van der Waals surface area contributed by atoms with Crippen molar-refractivity contribution < 1.29 is 4.92 Å². The normalized spacial score (nSPS) is 12.2. The zero-order valence-corrected chi connectivity index (χ0v) is 13.0.